The Morgan fingerprint density at radius 1 is 1.33 bits per heavy atom. The first-order valence-electron chi connectivity index (χ1n) is 7.87. The molecule has 1 N–H and O–H groups in total. The molecule has 2 rings (SSSR count). The lowest BCUT2D eigenvalue weighted by Gasteiger charge is -2.26. The lowest BCUT2D eigenvalue weighted by atomic mass is 10.1. The molecule has 1 heterocycles. The molecule has 21 heavy (non-hydrogen) atoms. The Morgan fingerprint density at radius 3 is 2.81 bits per heavy atom. The monoisotopic (exact) mass is 291 g/mol. The minimum Gasteiger partial charge on any atom is -0.310 e. The van der Waals surface area contributed by atoms with Crippen molar-refractivity contribution in [3.8, 4) is 0 Å². The molecule has 116 valence electrons. The van der Waals surface area contributed by atoms with Crippen LogP contribution in [0.4, 0.5) is 5.69 Å². The zero-order valence-electron chi connectivity index (χ0n) is 12.8. The molecule has 1 fully saturated rings. The summed E-state index contributed by atoms with van der Waals surface area (Å²) in [4.78, 5) is 13.0. The van der Waals surface area contributed by atoms with Gasteiger partial charge in [-0.15, -0.1) is 0 Å². The highest BCUT2D eigenvalue weighted by Gasteiger charge is 2.11. The molecule has 1 aromatic rings. The zero-order chi connectivity index (χ0) is 15.1. The highest BCUT2D eigenvalue weighted by atomic mass is 16.6. The molecule has 1 aromatic carbocycles. The summed E-state index contributed by atoms with van der Waals surface area (Å²) in [7, 11) is 0. The van der Waals surface area contributed by atoms with Crippen LogP contribution in [0.3, 0.4) is 0 Å². The molecular formula is C16H25N3O2. The summed E-state index contributed by atoms with van der Waals surface area (Å²) in [5.41, 5.74) is 1.14. The topological polar surface area (TPSA) is 58.4 Å². The number of benzene rings is 1. The van der Waals surface area contributed by atoms with Gasteiger partial charge in [0.2, 0.25) is 0 Å². The Morgan fingerprint density at radius 2 is 2.10 bits per heavy atom. The molecule has 0 saturated carbocycles. The smallest absolute Gasteiger partial charge is 0.269 e. The second-order valence-corrected chi connectivity index (χ2v) is 5.78. The van der Waals surface area contributed by atoms with Gasteiger partial charge in [-0.05, 0) is 57.9 Å². The molecule has 0 amide bonds. The maximum absolute atomic E-state index is 10.8. The molecule has 1 aliphatic rings. The number of hydrogen-bond acceptors (Lipinski definition) is 4. The van der Waals surface area contributed by atoms with Gasteiger partial charge in [0.25, 0.3) is 5.69 Å². The number of hydrogen-bond donors (Lipinski definition) is 1. The van der Waals surface area contributed by atoms with Gasteiger partial charge in [0.15, 0.2) is 0 Å². The fraction of sp³-hybridized carbons (Fsp3) is 0.625. The highest BCUT2D eigenvalue weighted by molar-refractivity contribution is 5.35. The SMILES string of the molecule is CC(NCCCN1CCCCC1)c1cccc([N+](=O)[O-])c1. The molecule has 1 unspecified atom stereocenters. The summed E-state index contributed by atoms with van der Waals surface area (Å²) in [5, 5.41) is 14.2. The normalized spacial score (nSPS) is 17.6. The molecule has 0 aromatic heterocycles. The Hall–Kier alpha value is -1.46. The van der Waals surface area contributed by atoms with Gasteiger partial charge in [-0.2, -0.15) is 0 Å². The third kappa shape index (κ3) is 5.10. The lowest BCUT2D eigenvalue weighted by molar-refractivity contribution is -0.384. The number of nitrogens with zero attached hydrogens (tertiary/aromatic N) is 2. The molecule has 5 nitrogen and oxygen atoms in total. The maximum atomic E-state index is 10.8. The standard InChI is InChI=1S/C16H25N3O2/c1-14(15-7-5-8-16(13-15)19(20)21)17-9-6-12-18-10-3-2-4-11-18/h5,7-8,13-14,17H,2-4,6,9-12H2,1H3. The molecule has 0 spiro atoms. The van der Waals surface area contributed by atoms with Crippen molar-refractivity contribution < 1.29 is 4.92 Å². The average molecular weight is 291 g/mol. The predicted octanol–water partition coefficient (Wildman–Crippen LogP) is 3.12. The van der Waals surface area contributed by atoms with E-state index >= 15 is 0 Å². The average Bonchev–Trinajstić information content (AvgIpc) is 2.52. The molecule has 0 bridgehead atoms. The number of piperidine rings is 1. The molecule has 0 radical (unpaired) electrons. The van der Waals surface area contributed by atoms with Crippen molar-refractivity contribution in [2.24, 2.45) is 0 Å². The van der Waals surface area contributed by atoms with E-state index in [9.17, 15) is 10.1 Å². The quantitative estimate of drug-likeness (QED) is 0.476. The summed E-state index contributed by atoms with van der Waals surface area (Å²) in [6.07, 6.45) is 5.16. The van der Waals surface area contributed by atoms with E-state index in [0.29, 0.717) is 0 Å². The van der Waals surface area contributed by atoms with Crippen molar-refractivity contribution in [3.05, 3.63) is 39.9 Å². The largest absolute Gasteiger partial charge is 0.310 e. The van der Waals surface area contributed by atoms with Gasteiger partial charge >= 0.3 is 0 Å². The minimum atomic E-state index is -0.341. The Balaban J connectivity index is 1.72. The van der Waals surface area contributed by atoms with Gasteiger partial charge in [0.1, 0.15) is 0 Å². The van der Waals surface area contributed by atoms with Crippen molar-refractivity contribution in [3.63, 3.8) is 0 Å². The van der Waals surface area contributed by atoms with Crippen molar-refractivity contribution in [1.29, 1.82) is 0 Å². The third-order valence-electron chi connectivity index (χ3n) is 4.13. The van der Waals surface area contributed by atoms with Gasteiger partial charge in [-0.1, -0.05) is 18.6 Å². The Bertz CT molecular complexity index is 459. The summed E-state index contributed by atoms with van der Waals surface area (Å²) in [6, 6.07) is 7.02. The van der Waals surface area contributed by atoms with Crippen molar-refractivity contribution >= 4 is 5.69 Å². The highest BCUT2D eigenvalue weighted by Crippen LogP contribution is 2.18. The number of likely N-dealkylation sites (tertiary alicyclic amines) is 1. The van der Waals surface area contributed by atoms with Crippen LogP contribution in [0.25, 0.3) is 0 Å². The zero-order valence-corrected chi connectivity index (χ0v) is 12.8. The van der Waals surface area contributed by atoms with Crippen molar-refractivity contribution in [1.82, 2.24) is 10.2 Å². The first-order chi connectivity index (χ1) is 10.2. The van der Waals surface area contributed by atoms with E-state index < -0.39 is 0 Å². The van der Waals surface area contributed by atoms with Crippen molar-refractivity contribution in [2.75, 3.05) is 26.2 Å². The van der Waals surface area contributed by atoms with E-state index in [4.69, 9.17) is 0 Å². The first-order valence-corrected chi connectivity index (χ1v) is 7.87. The van der Waals surface area contributed by atoms with E-state index in [1.54, 1.807) is 12.1 Å². The molecular weight excluding hydrogens is 266 g/mol. The lowest BCUT2D eigenvalue weighted by Crippen LogP contribution is -2.32. The molecule has 1 aliphatic heterocycles. The predicted molar refractivity (Wildman–Crippen MR) is 84.4 cm³/mol. The number of rotatable bonds is 7. The van der Waals surface area contributed by atoms with Crippen LogP contribution in [0.1, 0.15) is 44.2 Å². The fourth-order valence-electron chi connectivity index (χ4n) is 2.83. The number of nitrogens with one attached hydrogen (secondary N) is 1. The van der Waals surface area contributed by atoms with Crippen LogP contribution in [0.5, 0.6) is 0 Å². The number of nitro benzene ring substituents is 1. The van der Waals surface area contributed by atoms with E-state index in [2.05, 4.69) is 17.1 Å². The van der Waals surface area contributed by atoms with Gasteiger partial charge in [-0.3, -0.25) is 10.1 Å². The summed E-state index contributed by atoms with van der Waals surface area (Å²) < 4.78 is 0. The van der Waals surface area contributed by atoms with Crippen LogP contribution in [0, 0.1) is 10.1 Å². The van der Waals surface area contributed by atoms with Crippen LogP contribution in [-0.2, 0) is 0 Å². The van der Waals surface area contributed by atoms with Gasteiger partial charge in [-0.25, -0.2) is 0 Å². The van der Waals surface area contributed by atoms with Crippen LogP contribution in [-0.4, -0.2) is 36.0 Å². The second kappa shape index (κ2) is 8.10. The van der Waals surface area contributed by atoms with Gasteiger partial charge in [0, 0.05) is 18.2 Å². The van der Waals surface area contributed by atoms with Crippen LogP contribution >= 0.6 is 0 Å². The summed E-state index contributed by atoms with van der Waals surface area (Å²) in [6.45, 7) is 6.62. The first kappa shape index (κ1) is 15.9. The molecule has 1 atom stereocenters. The Labute approximate surface area is 126 Å². The van der Waals surface area contributed by atoms with E-state index in [0.717, 1.165) is 25.1 Å². The summed E-state index contributed by atoms with van der Waals surface area (Å²) in [5.74, 6) is 0. The number of non-ortho nitro benzene ring substituents is 1. The summed E-state index contributed by atoms with van der Waals surface area (Å²) >= 11 is 0. The van der Waals surface area contributed by atoms with Crippen LogP contribution in [0.15, 0.2) is 24.3 Å². The van der Waals surface area contributed by atoms with Crippen LogP contribution < -0.4 is 5.32 Å². The molecule has 0 aliphatic carbocycles. The number of nitro groups is 1. The van der Waals surface area contributed by atoms with Gasteiger partial charge < -0.3 is 10.2 Å². The second-order valence-electron chi connectivity index (χ2n) is 5.78. The molecule has 1 saturated heterocycles. The van der Waals surface area contributed by atoms with Gasteiger partial charge in [0.05, 0.1) is 4.92 Å². The van der Waals surface area contributed by atoms with Crippen molar-refractivity contribution in [2.45, 2.75) is 38.6 Å². The van der Waals surface area contributed by atoms with E-state index in [1.165, 1.54) is 38.4 Å². The van der Waals surface area contributed by atoms with E-state index in [1.807, 2.05) is 6.07 Å². The minimum absolute atomic E-state index is 0.145. The third-order valence-corrected chi connectivity index (χ3v) is 4.13. The van der Waals surface area contributed by atoms with E-state index in [-0.39, 0.29) is 16.7 Å². The molecule has 5 heteroatoms. The van der Waals surface area contributed by atoms with Crippen LogP contribution in [0.2, 0.25) is 0 Å². The Kier molecular flexibility index (Phi) is 6.14. The maximum Gasteiger partial charge on any atom is 0.269 e. The fourth-order valence-corrected chi connectivity index (χ4v) is 2.83.